The lowest BCUT2D eigenvalue weighted by Gasteiger charge is -2.07. The molecular weight excluding hydrogens is 220 g/mol. The van der Waals surface area contributed by atoms with E-state index in [-0.39, 0.29) is 11.4 Å². The van der Waals surface area contributed by atoms with E-state index in [9.17, 15) is 10.1 Å². The minimum Gasteiger partial charge on any atom is -0.448 e. The van der Waals surface area contributed by atoms with Crippen molar-refractivity contribution in [1.29, 1.82) is 0 Å². The Morgan fingerprint density at radius 1 is 1.00 bits per heavy atom. The van der Waals surface area contributed by atoms with E-state index in [4.69, 9.17) is 10.5 Å². The van der Waals surface area contributed by atoms with E-state index in [1.165, 1.54) is 12.1 Å². The first-order valence-corrected chi connectivity index (χ1v) is 4.94. The highest BCUT2D eigenvalue weighted by Gasteiger charge is 2.14. The number of nitrogens with zero attached hydrogens (tertiary/aromatic N) is 1. The van der Waals surface area contributed by atoms with E-state index in [0.717, 1.165) is 0 Å². The molecule has 2 aromatic rings. The van der Waals surface area contributed by atoms with Gasteiger partial charge in [-0.3, -0.25) is 10.1 Å². The van der Waals surface area contributed by atoms with E-state index in [2.05, 4.69) is 0 Å². The fourth-order valence-electron chi connectivity index (χ4n) is 1.39. The van der Waals surface area contributed by atoms with Crippen LogP contribution in [-0.2, 0) is 0 Å². The minimum atomic E-state index is -0.492. The van der Waals surface area contributed by atoms with Gasteiger partial charge in [0.05, 0.1) is 10.6 Å². The average molecular weight is 230 g/mol. The Bertz CT molecular complexity index is 555. The van der Waals surface area contributed by atoms with Gasteiger partial charge >= 0.3 is 5.69 Å². The van der Waals surface area contributed by atoms with Crippen molar-refractivity contribution in [3.63, 3.8) is 0 Å². The molecule has 0 radical (unpaired) electrons. The van der Waals surface area contributed by atoms with Crippen molar-refractivity contribution < 1.29 is 9.66 Å². The molecule has 0 atom stereocenters. The van der Waals surface area contributed by atoms with Crippen molar-refractivity contribution in [1.82, 2.24) is 0 Å². The molecule has 2 rings (SSSR count). The lowest BCUT2D eigenvalue weighted by Crippen LogP contribution is -1.95. The molecule has 0 saturated carbocycles. The van der Waals surface area contributed by atoms with Crippen LogP contribution < -0.4 is 10.5 Å². The Kier molecular flexibility index (Phi) is 2.91. The van der Waals surface area contributed by atoms with Gasteiger partial charge < -0.3 is 10.5 Å². The number of nitro groups is 1. The van der Waals surface area contributed by atoms with Crippen LogP contribution in [0.1, 0.15) is 0 Å². The normalized spacial score (nSPS) is 9.88. The molecule has 0 fully saturated rings. The Balaban J connectivity index is 2.37. The molecule has 17 heavy (non-hydrogen) atoms. The second-order valence-electron chi connectivity index (χ2n) is 3.36. The summed E-state index contributed by atoms with van der Waals surface area (Å²) in [5.41, 5.74) is 6.05. The Morgan fingerprint density at radius 2 is 1.59 bits per heavy atom. The zero-order valence-corrected chi connectivity index (χ0v) is 8.87. The number of nitrogen functional groups attached to an aromatic ring is 1. The average Bonchev–Trinajstić information content (AvgIpc) is 2.32. The molecule has 0 aliphatic rings. The van der Waals surface area contributed by atoms with Gasteiger partial charge in [0, 0.05) is 6.07 Å². The first-order valence-electron chi connectivity index (χ1n) is 4.94. The predicted octanol–water partition coefficient (Wildman–Crippen LogP) is 2.97. The summed E-state index contributed by atoms with van der Waals surface area (Å²) in [5, 5.41) is 10.8. The van der Waals surface area contributed by atoms with Crippen LogP contribution in [0.25, 0.3) is 0 Å². The van der Waals surface area contributed by atoms with Gasteiger partial charge in [-0.05, 0) is 18.2 Å². The Morgan fingerprint density at radius 3 is 2.24 bits per heavy atom. The molecule has 86 valence electrons. The fourth-order valence-corrected chi connectivity index (χ4v) is 1.39. The molecule has 0 bridgehead atoms. The first-order chi connectivity index (χ1) is 8.18. The monoisotopic (exact) mass is 230 g/mol. The molecule has 0 aliphatic carbocycles. The van der Waals surface area contributed by atoms with Crippen LogP contribution in [0, 0.1) is 10.1 Å². The van der Waals surface area contributed by atoms with Crippen LogP contribution in [0.3, 0.4) is 0 Å². The lowest BCUT2D eigenvalue weighted by atomic mass is 10.3. The summed E-state index contributed by atoms with van der Waals surface area (Å²) in [6.07, 6.45) is 0. The zero-order valence-electron chi connectivity index (χ0n) is 8.87. The van der Waals surface area contributed by atoms with Gasteiger partial charge in [0.25, 0.3) is 0 Å². The molecule has 0 aromatic heterocycles. The maximum absolute atomic E-state index is 10.8. The van der Waals surface area contributed by atoms with E-state index in [1.807, 2.05) is 0 Å². The highest BCUT2D eigenvalue weighted by molar-refractivity contribution is 5.56. The number of nitro benzene ring substituents is 1. The Labute approximate surface area is 97.6 Å². The van der Waals surface area contributed by atoms with Crippen LogP contribution in [0.4, 0.5) is 11.4 Å². The second-order valence-corrected chi connectivity index (χ2v) is 3.36. The maximum Gasteiger partial charge on any atom is 0.311 e. The molecule has 2 aromatic carbocycles. The first kappa shape index (κ1) is 10.9. The highest BCUT2D eigenvalue weighted by Crippen LogP contribution is 2.33. The minimum absolute atomic E-state index is 0.0873. The zero-order chi connectivity index (χ0) is 12.3. The van der Waals surface area contributed by atoms with Crippen molar-refractivity contribution in [2.75, 3.05) is 5.73 Å². The summed E-state index contributed by atoms with van der Waals surface area (Å²) in [6.45, 7) is 0. The smallest absolute Gasteiger partial charge is 0.311 e. The number of hydrogen-bond donors (Lipinski definition) is 1. The number of anilines is 1. The summed E-state index contributed by atoms with van der Waals surface area (Å²) in [6, 6.07) is 13.0. The summed E-state index contributed by atoms with van der Waals surface area (Å²) in [4.78, 5) is 10.3. The molecule has 5 nitrogen and oxygen atoms in total. The molecule has 5 heteroatoms. The maximum atomic E-state index is 10.8. The van der Waals surface area contributed by atoms with Crippen LogP contribution in [0.5, 0.6) is 11.5 Å². The third-order valence-electron chi connectivity index (χ3n) is 2.20. The van der Waals surface area contributed by atoms with Crippen molar-refractivity contribution >= 4 is 11.4 Å². The third kappa shape index (κ3) is 2.34. The number of ether oxygens (including phenoxy) is 1. The molecule has 0 amide bonds. The lowest BCUT2D eigenvalue weighted by molar-refractivity contribution is -0.385. The predicted molar refractivity (Wildman–Crippen MR) is 64.0 cm³/mol. The number of nitrogens with two attached hydrogens (primary N) is 1. The molecule has 2 N–H and O–H groups in total. The molecular formula is C12H10N2O3. The largest absolute Gasteiger partial charge is 0.448 e. The molecule has 0 heterocycles. The third-order valence-corrected chi connectivity index (χ3v) is 2.20. The van der Waals surface area contributed by atoms with Crippen molar-refractivity contribution in [3.8, 4) is 11.5 Å². The van der Waals surface area contributed by atoms with Crippen LogP contribution in [0.15, 0.2) is 48.5 Å². The van der Waals surface area contributed by atoms with Gasteiger partial charge in [0.15, 0.2) is 5.75 Å². The number of benzene rings is 2. The number of rotatable bonds is 3. The summed E-state index contributed by atoms with van der Waals surface area (Å²) in [5.74, 6) is 0.581. The van der Waals surface area contributed by atoms with Gasteiger partial charge in [-0.15, -0.1) is 0 Å². The SMILES string of the molecule is Nc1ccccc1Oc1ccccc1[N+](=O)[O-]. The van der Waals surface area contributed by atoms with Gasteiger partial charge in [-0.1, -0.05) is 24.3 Å². The molecule has 0 aliphatic heterocycles. The number of hydrogen-bond acceptors (Lipinski definition) is 4. The van der Waals surface area contributed by atoms with E-state index >= 15 is 0 Å². The quantitative estimate of drug-likeness (QED) is 0.499. The van der Waals surface area contributed by atoms with Crippen molar-refractivity contribution in [2.24, 2.45) is 0 Å². The molecule has 0 saturated heterocycles. The van der Waals surface area contributed by atoms with Gasteiger partial charge in [0.2, 0.25) is 5.75 Å². The van der Waals surface area contributed by atoms with Crippen LogP contribution >= 0.6 is 0 Å². The topological polar surface area (TPSA) is 78.4 Å². The van der Waals surface area contributed by atoms with Crippen molar-refractivity contribution in [2.45, 2.75) is 0 Å². The summed E-state index contributed by atoms with van der Waals surface area (Å²) >= 11 is 0. The highest BCUT2D eigenvalue weighted by atomic mass is 16.6. The van der Waals surface area contributed by atoms with E-state index in [1.54, 1.807) is 36.4 Å². The Hall–Kier alpha value is -2.56. The summed E-state index contributed by atoms with van der Waals surface area (Å²) in [7, 11) is 0. The fraction of sp³-hybridized carbons (Fsp3) is 0. The molecule has 0 spiro atoms. The van der Waals surface area contributed by atoms with E-state index < -0.39 is 4.92 Å². The van der Waals surface area contributed by atoms with Gasteiger partial charge in [-0.25, -0.2) is 0 Å². The van der Waals surface area contributed by atoms with E-state index in [0.29, 0.717) is 11.4 Å². The van der Waals surface area contributed by atoms with Crippen molar-refractivity contribution in [3.05, 3.63) is 58.6 Å². The van der Waals surface area contributed by atoms with Gasteiger partial charge in [0.1, 0.15) is 0 Å². The van der Waals surface area contributed by atoms with Gasteiger partial charge in [-0.2, -0.15) is 0 Å². The van der Waals surface area contributed by atoms with Crippen LogP contribution in [0.2, 0.25) is 0 Å². The number of para-hydroxylation sites is 4. The second kappa shape index (κ2) is 4.52. The standard InChI is InChI=1S/C12H10N2O3/c13-9-5-1-3-7-11(9)17-12-8-4-2-6-10(12)14(15)16/h1-8H,13H2. The molecule has 0 unspecified atom stereocenters. The van der Waals surface area contributed by atoms with Crippen LogP contribution in [-0.4, -0.2) is 4.92 Å². The summed E-state index contributed by atoms with van der Waals surface area (Å²) < 4.78 is 5.43.